The smallest absolute Gasteiger partial charge is 0.241 e. The topological polar surface area (TPSA) is 101 Å². The van der Waals surface area contributed by atoms with E-state index in [9.17, 15) is 8.42 Å². The first kappa shape index (κ1) is 14.2. The minimum atomic E-state index is -3.70. The van der Waals surface area contributed by atoms with E-state index in [0.717, 1.165) is 0 Å². The van der Waals surface area contributed by atoms with E-state index in [1.807, 2.05) is 6.07 Å². The van der Waals surface area contributed by atoms with Crippen LogP contribution in [0.3, 0.4) is 0 Å². The second kappa shape index (κ2) is 5.40. The Morgan fingerprint density at radius 3 is 2.80 bits per heavy atom. The fraction of sp³-hybridized carbons (Fsp3) is 0.250. The van der Waals surface area contributed by atoms with Crippen LogP contribution < -0.4 is 4.72 Å². The molecule has 1 aromatic carbocycles. The molecule has 0 unspecified atom stereocenters. The first-order chi connectivity index (χ1) is 9.42. The maximum absolute atomic E-state index is 12.2. The number of nitrogens with zero attached hydrogens (tertiary/aromatic N) is 4. The van der Waals surface area contributed by atoms with Crippen LogP contribution in [0.2, 0.25) is 0 Å². The maximum Gasteiger partial charge on any atom is 0.241 e. The zero-order chi connectivity index (χ0) is 14.8. The molecule has 2 aromatic rings. The van der Waals surface area contributed by atoms with Gasteiger partial charge in [0.15, 0.2) is 5.82 Å². The SMILES string of the molecule is Cc1ccc(C#N)cc1S(=O)(=O)NCc1ncn(C)n1. The van der Waals surface area contributed by atoms with Gasteiger partial charge in [0.2, 0.25) is 10.0 Å². The van der Waals surface area contributed by atoms with E-state index in [1.54, 1.807) is 26.1 Å². The molecule has 0 aliphatic rings. The lowest BCUT2D eigenvalue weighted by Gasteiger charge is -2.08. The van der Waals surface area contributed by atoms with Crippen molar-refractivity contribution in [2.45, 2.75) is 18.4 Å². The first-order valence-electron chi connectivity index (χ1n) is 5.77. The van der Waals surface area contributed by atoms with Crippen molar-refractivity contribution in [1.29, 1.82) is 5.26 Å². The molecule has 0 bridgehead atoms. The largest absolute Gasteiger partial charge is 0.256 e. The van der Waals surface area contributed by atoms with Crippen molar-refractivity contribution >= 4 is 10.0 Å². The highest BCUT2D eigenvalue weighted by molar-refractivity contribution is 7.89. The third kappa shape index (κ3) is 3.01. The van der Waals surface area contributed by atoms with Gasteiger partial charge in [-0.3, -0.25) is 4.68 Å². The van der Waals surface area contributed by atoms with E-state index in [2.05, 4.69) is 14.8 Å². The number of aryl methyl sites for hydroxylation is 2. The minimum absolute atomic E-state index is 0.000601. The van der Waals surface area contributed by atoms with Gasteiger partial charge in [0.1, 0.15) is 6.33 Å². The molecule has 1 aromatic heterocycles. The molecule has 0 fully saturated rings. The Morgan fingerprint density at radius 2 is 2.20 bits per heavy atom. The molecular formula is C12H13N5O2S. The lowest BCUT2D eigenvalue weighted by atomic mass is 10.2. The number of aromatic nitrogens is 3. The van der Waals surface area contributed by atoms with Crippen LogP contribution in [0.15, 0.2) is 29.4 Å². The number of sulfonamides is 1. The summed E-state index contributed by atoms with van der Waals surface area (Å²) in [5.41, 5.74) is 0.873. The van der Waals surface area contributed by atoms with Gasteiger partial charge in [-0.1, -0.05) is 6.07 Å². The number of rotatable bonds is 4. The number of nitrogens with one attached hydrogen (secondary N) is 1. The molecule has 7 nitrogen and oxygen atoms in total. The lowest BCUT2D eigenvalue weighted by Crippen LogP contribution is -2.24. The predicted molar refractivity (Wildman–Crippen MR) is 70.9 cm³/mol. The number of hydrogen-bond donors (Lipinski definition) is 1. The van der Waals surface area contributed by atoms with Gasteiger partial charge >= 0.3 is 0 Å². The standard InChI is InChI=1S/C12H13N5O2S/c1-9-3-4-10(6-13)5-11(9)20(18,19)15-7-12-14-8-17(2)16-12/h3-5,8,15H,7H2,1-2H3. The van der Waals surface area contributed by atoms with Crippen LogP contribution in [0.1, 0.15) is 17.0 Å². The summed E-state index contributed by atoms with van der Waals surface area (Å²) >= 11 is 0. The molecule has 0 aliphatic heterocycles. The molecular weight excluding hydrogens is 278 g/mol. The summed E-state index contributed by atoms with van der Waals surface area (Å²) in [5.74, 6) is 0.380. The van der Waals surface area contributed by atoms with Crippen molar-refractivity contribution in [3.63, 3.8) is 0 Å². The van der Waals surface area contributed by atoms with Gasteiger partial charge in [0, 0.05) is 7.05 Å². The Hall–Kier alpha value is -2.24. The van der Waals surface area contributed by atoms with Crippen molar-refractivity contribution in [3.8, 4) is 6.07 Å². The number of benzene rings is 1. The molecule has 0 amide bonds. The van der Waals surface area contributed by atoms with Crippen LogP contribution in [0, 0.1) is 18.3 Å². The van der Waals surface area contributed by atoms with Crippen molar-refractivity contribution in [1.82, 2.24) is 19.5 Å². The summed E-state index contributed by atoms with van der Waals surface area (Å²) in [6.45, 7) is 1.67. The summed E-state index contributed by atoms with van der Waals surface area (Å²) in [6.07, 6.45) is 1.49. The lowest BCUT2D eigenvalue weighted by molar-refractivity contribution is 0.578. The summed E-state index contributed by atoms with van der Waals surface area (Å²) in [5, 5.41) is 12.8. The molecule has 0 radical (unpaired) electrons. The predicted octanol–water partition coefficient (Wildman–Crippen LogP) is 0.474. The Balaban J connectivity index is 2.24. The average Bonchev–Trinajstić information content (AvgIpc) is 2.83. The van der Waals surface area contributed by atoms with Crippen molar-refractivity contribution in [2.75, 3.05) is 0 Å². The van der Waals surface area contributed by atoms with E-state index >= 15 is 0 Å². The van der Waals surface area contributed by atoms with Crippen molar-refractivity contribution < 1.29 is 8.42 Å². The van der Waals surface area contributed by atoms with E-state index < -0.39 is 10.0 Å². The molecule has 0 spiro atoms. The van der Waals surface area contributed by atoms with Gasteiger partial charge in [-0.2, -0.15) is 10.4 Å². The van der Waals surface area contributed by atoms with Gasteiger partial charge in [-0.15, -0.1) is 0 Å². The average molecular weight is 291 g/mol. The summed E-state index contributed by atoms with van der Waals surface area (Å²) in [7, 11) is -2.00. The summed E-state index contributed by atoms with van der Waals surface area (Å²) < 4.78 is 28.3. The Kier molecular flexibility index (Phi) is 3.83. The van der Waals surface area contributed by atoms with Crippen LogP contribution in [0.25, 0.3) is 0 Å². The first-order valence-corrected chi connectivity index (χ1v) is 7.25. The number of nitriles is 1. The third-order valence-corrected chi connectivity index (χ3v) is 4.22. The third-order valence-electron chi connectivity index (χ3n) is 2.67. The van der Waals surface area contributed by atoms with Crippen LogP contribution in [0.4, 0.5) is 0 Å². The maximum atomic E-state index is 12.2. The fourth-order valence-corrected chi connectivity index (χ4v) is 2.91. The van der Waals surface area contributed by atoms with Crippen LogP contribution in [0.5, 0.6) is 0 Å². The normalized spacial score (nSPS) is 11.2. The summed E-state index contributed by atoms with van der Waals surface area (Å²) in [6, 6.07) is 6.46. The quantitative estimate of drug-likeness (QED) is 0.882. The summed E-state index contributed by atoms with van der Waals surface area (Å²) in [4.78, 5) is 4.03. The molecule has 20 heavy (non-hydrogen) atoms. The molecule has 1 heterocycles. The van der Waals surface area contributed by atoms with Gasteiger partial charge < -0.3 is 0 Å². The van der Waals surface area contributed by atoms with E-state index in [1.165, 1.54) is 17.1 Å². The zero-order valence-corrected chi connectivity index (χ0v) is 11.8. The monoisotopic (exact) mass is 291 g/mol. The Morgan fingerprint density at radius 1 is 1.45 bits per heavy atom. The van der Waals surface area contributed by atoms with Gasteiger partial charge in [0.25, 0.3) is 0 Å². The second-order valence-corrected chi connectivity index (χ2v) is 5.99. The van der Waals surface area contributed by atoms with E-state index in [0.29, 0.717) is 17.0 Å². The van der Waals surface area contributed by atoms with Crippen molar-refractivity contribution in [2.24, 2.45) is 7.05 Å². The molecule has 104 valence electrons. The van der Waals surface area contributed by atoms with Crippen LogP contribution >= 0.6 is 0 Å². The molecule has 2 rings (SSSR count). The Bertz CT molecular complexity index is 773. The Labute approximate surface area is 116 Å². The molecule has 1 N–H and O–H groups in total. The molecule has 0 atom stereocenters. The van der Waals surface area contributed by atoms with Gasteiger partial charge in [-0.25, -0.2) is 18.1 Å². The second-order valence-electron chi connectivity index (χ2n) is 4.25. The van der Waals surface area contributed by atoms with Crippen molar-refractivity contribution in [3.05, 3.63) is 41.5 Å². The highest BCUT2D eigenvalue weighted by Crippen LogP contribution is 2.16. The minimum Gasteiger partial charge on any atom is -0.256 e. The molecule has 0 aliphatic carbocycles. The zero-order valence-electron chi connectivity index (χ0n) is 11.0. The highest BCUT2D eigenvalue weighted by atomic mass is 32.2. The van der Waals surface area contributed by atoms with Gasteiger partial charge in [0.05, 0.1) is 23.1 Å². The van der Waals surface area contributed by atoms with E-state index in [4.69, 9.17) is 5.26 Å². The molecule has 0 saturated carbocycles. The van der Waals surface area contributed by atoms with E-state index in [-0.39, 0.29) is 11.4 Å². The molecule has 0 saturated heterocycles. The van der Waals surface area contributed by atoms with Crippen LogP contribution in [-0.2, 0) is 23.6 Å². The highest BCUT2D eigenvalue weighted by Gasteiger charge is 2.18. The molecule has 8 heteroatoms. The fourth-order valence-electron chi connectivity index (χ4n) is 1.66. The number of hydrogen-bond acceptors (Lipinski definition) is 5. The van der Waals surface area contributed by atoms with Crippen LogP contribution in [-0.4, -0.2) is 23.2 Å². The van der Waals surface area contributed by atoms with Gasteiger partial charge in [-0.05, 0) is 24.6 Å².